The molecular weight excluding hydrogens is 250 g/mol. The van der Waals surface area contributed by atoms with Crippen LogP contribution in [0.2, 0.25) is 0 Å². The molecule has 2 N–H and O–H groups in total. The molecule has 2 aromatic carbocycles. The first-order chi connectivity index (χ1) is 9.88. The van der Waals surface area contributed by atoms with Crippen molar-refractivity contribution < 1.29 is 4.74 Å². The Bertz CT molecular complexity index is 523. The number of nitrogens with zero attached hydrogens (tertiary/aromatic N) is 2. The summed E-state index contributed by atoms with van der Waals surface area (Å²) in [6, 6.07) is 17.3. The normalized spacial score (nSPS) is 10.8. The van der Waals surface area contributed by atoms with Crippen LogP contribution in [-0.4, -0.2) is 13.2 Å². The van der Waals surface area contributed by atoms with Crippen LogP contribution in [-0.2, 0) is 0 Å². The number of hydrogen-bond donors (Lipinski definition) is 1. The molecule has 20 heavy (non-hydrogen) atoms. The van der Waals surface area contributed by atoms with Crippen molar-refractivity contribution >= 4 is 11.4 Å². The van der Waals surface area contributed by atoms with Crippen molar-refractivity contribution in [2.75, 3.05) is 13.2 Å². The van der Waals surface area contributed by atoms with E-state index in [1.165, 1.54) is 0 Å². The van der Waals surface area contributed by atoms with Gasteiger partial charge in [-0.25, -0.2) is 0 Å². The van der Waals surface area contributed by atoms with Gasteiger partial charge in [0.15, 0.2) is 0 Å². The van der Waals surface area contributed by atoms with Gasteiger partial charge in [-0.3, -0.25) is 0 Å². The van der Waals surface area contributed by atoms with E-state index in [9.17, 15) is 0 Å². The van der Waals surface area contributed by atoms with Crippen LogP contribution in [0.25, 0.3) is 0 Å². The lowest BCUT2D eigenvalue weighted by Gasteiger charge is -2.05. The summed E-state index contributed by atoms with van der Waals surface area (Å²) in [6.45, 7) is 1.41. The highest BCUT2D eigenvalue weighted by Gasteiger charge is 1.95. The summed E-state index contributed by atoms with van der Waals surface area (Å²) >= 11 is 0. The molecule has 0 heterocycles. The van der Waals surface area contributed by atoms with Crippen molar-refractivity contribution in [2.24, 2.45) is 16.0 Å². The predicted octanol–water partition coefficient (Wildman–Crippen LogP) is 4.22. The zero-order valence-corrected chi connectivity index (χ0v) is 11.4. The van der Waals surface area contributed by atoms with Crippen molar-refractivity contribution in [2.45, 2.75) is 12.8 Å². The SMILES string of the molecule is NCCCCOc1ccc(N=Nc2ccccc2)cc1. The minimum absolute atomic E-state index is 0.697. The molecule has 0 saturated carbocycles. The number of ether oxygens (including phenoxy) is 1. The van der Waals surface area contributed by atoms with Gasteiger partial charge in [0.2, 0.25) is 0 Å². The van der Waals surface area contributed by atoms with Crippen LogP contribution < -0.4 is 10.5 Å². The molecule has 0 saturated heterocycles. The van der Waals surface area contributed by atoms with E-state index in [1.54, 1.807) is 0 Å². The second kappa shape index (κ2) is 8.07. The molecule has 0 aliphatic rings. The molecule has 0 aliphatic carbocycles. The number of nitrogens with two attached hydrogens (primary N) is 1. The zero-order valence-electron chi connectivity index (χ0n) is 11.4. The Hall–Kier alpha value is -2.20. The summed E-state index contributed by atoms with van der Waals surface area (Å²) in [6.07, 6.45) is 1.97. The molecule has 0 aliphatic heterocycles. The van der Waals surface area contributed by atoms with E-state index >= 15 is 0 Å². The van der Waals surface area contributed by atoms with Gasteiger partial charge in [0.1, 0.15) is 5.75 Å². The number of hydrogen-bond acceptors (Lipinski definition) is 4. The quantitative estimate of drug-likeness (QED) is 0.604. The van der Waals surface area contributed by atoms with Crippen molar-refractivity contribution in [1.29, 1.82) is 0 Å². The molecule has 0 fully saturated rings. The first kappa shape index (κ1) is 14.2. The van der Waals surface area contributed by atoms with Gasteiger partial charge < -0.3 is 10.5 Å². The van der Waals surface area contributed by atoms with Gasteiger partial charge in [0, 0.05) is 0 Å². The van der Waals surface area contributed by atoms with Crippen LogP contribution in [0.15, 0.2) is 64.8 Å². The Kier molecular flexibility index (Phi) is 5.73. The molecule has 2 rings (SSSR count). The van der Waals surface area contributed by atoms with E-state index in [-0.39, 0.29) is 0 Å². The molecule has 4 nitrogen and oxygen atoms in total. The maximum atomic E-state index is 5.60. The lowest BCUT2D eigenvalue weighted by Crippen LogP contribution is -2.03. The first-order valence-corrected chi connectivity index (χ1v) is 6.78. The second-order valence-corrected chi connectivity index (χ2v) is 4.37. The molecule has 2 aromatic rings. The van der Waals surface area contributed by atoms with Gasteiger partial charge >= 0.3 is 0 Å². The third kappa shape index (κ3) is 4.82. The molecule has 0 amide bonds. The Morgan fingerprint density at radius 3 is 2.10 bits per heavy atom. The smallest absolute Gasteiger partial charge is 0.119 e. The summed E-state index contributed by atoms with van der Waals surface area (Å²) in [5.74, 6) is 0.848. The van der Waals surface area contributed by atoms with Gasteiger partial charge in [-0.1, -0.05) is 18.2 Å². The standard InChI is InChI=1S/C16H19N3O/c17-12-4-5-13-20-16-10-8-15(9-11-16)19-18-14-6-2-1-3-7-14/h1-3,6-11H,4-5,12-13,17H2. The van der Waals surface area contributed by atoms with E-state index < -0.39 is 0 Å². The minimum Gasteiger partial charge on any atom is -0.494 e. The summed E-state index contributed by atoms with van der Waals surface area (Å²) in [7, 11) is 0. The number of unbranched alkanes of at least 4 members (excludes halogenated alkanes) is 1. The van der Waals surface area contributed by atoms with E-state index in [4.69, 9.17) is 10.5 Å². The fourth-order valence-corrected chi connectivity index (χ4v) is 1.66. The summed E-state index contributed by atoms with van der Waals surface area (Å²) in [4.78, 5) is 0. The van der Waals surface area contributed by atoms with Gasteiger partial charge in [-0.15, -0.1) is 0 Å². The number of rotatable bonds is 7. The number of benzene rings is 2. The third-order valence-corrected chi connectivity index (χ3v) is 2.74. The summed E-state index contributed by atoms with van der Waals surface area (Å²) < 4.78 is 5.60. The molecule has 0 atom stereocenters. The maximum absolute atomic E-state index is 5.60. The van der Waals surface area contributed by atoms with Gasteiger partial charge in [-0.05, 0) is 55.8 Å². The van der Waals surface area contributed by atoms with Crippen LogP contribution in [0, 0.1) is 0 Å². The van der Waals surface area contributed by atoms with E-state index in [2.05, 4.69) is 10.2 Å². The number of azo groups is 1. The summed E-state index contributed by atoms with van der Waals surface area (Å²) in [5.41, 5.74) is 7.08. The van der Waals surface area contributed by atoms with Crippen LogP contribution >= 0.6 is 0 Å². The van der Waals surface area contributed by atoms with Gasteiger partial charge in [0.05, 0.1) is 18.0 Å². The lowest BCUT2D eigenvalue weighted by atomic mass is 10.3. The molecule has 0 bridgehead atoms. The van der Waals surface area contributed by atoms with Crippen LogP contribution in [0.3, 0.4) is 0 Å². The van der Waals surface area contributed by atoms with Crippen LogP contribution in [0.1, 0.15) is 12.8 Å². The minimum atomic E-state index is 0.697. The third-order valence-electron chi connectivity index (χ3n) is 2.74. The van der Waals surface area contributed by atoms with Crippen molar-refractivity contribution in [3.63, 3.8) is 0 Å². The van der Waals surface area contributed by atoms with Crippen molar-refractivity contribution in [3.05, 3.63) is 54.6 Å². The molecular formula is C16H19N3O. The highest BCUT2D eigenvalue weighted by molar-refractivity contribution is 5.42. The molecule has 0 spiro atoms. The highest BCUT2D eigenvalue weighted by Crippen LogP contribution is 2.21. The Morgan fingerprint density at radius 2 is 1.45 bits per heavy atom. The second-order valence-electron chi connectivity index (χ2n) is 4.37. The Morgan fingerprint density at radius 1 is 0.800 bits per heavy atom. The van der Waals surface area contributed by atoms with E-state index in [1.807, 2.05) is 54.6 Å². The lowest BCUT2D eigenvalue weighted by molar-refractivity contribution is 0.308. The van der Waals surface area contributed by atoms with Gasteiger partial charge in [-0.2, -0.15) is 10.2 Å². The monoisotopic (exact) mass is 269 g/mol. The Labute approximate surface area is 119 Å². The van der Waals surface area contributed by atoms with E-state index in [0.29, 0.717) is 13.2 Å². The Balaban J connectivity index is 1.87. The fraction of sp³-hybridized carbons (Fsp3) is 0.250. The van der Waals surface area contributed by atoms with Crippen LogP contribution in [0.4, 0.5) is 11.4 Å². The van der Waals surface area contributed by atoms with Crippen molar-refractivity contribution in [3.8, 4) is 5.75 Å². The average Bonchev–Trinajstić information content (AvgIpc) is 2.52. The first-order valence-electron chi connectivity index (χ1n) is 6.78. The average molecular weight is 269 g/mol. The summed E-state index contributed by atoms with van der Waals surface area (Å²) in [5, 5.41) is 8.34. The molecule has 0 unspecified atom stereocenters. The molecule has 4 heteroatoms. The topological polar surface area (TPSA) is 60.0 Å². The molecule has 0 radical (unpaired) electrons. The highest BCUT2D eigenvalue weighted by atomic mass is 16.5. The van der Waals surface area contributed by atoms with Crippen LogP contribution in [0.5, 0.6) is 5.75 Å². The van der Waals surface area contributed by atoms with Gasteiger partial charge in [0.25, 0.3) is 0 Å². The maximum Gasteiger partial charge on any atom is 0.119 e. The fourth-order valence-electron chi connectivity index (χ4n) is 1.66. The largest absolute Gasteiger partial charge is 0.494 e. The molecule has 0 aromatic heterocycles. The predicted molar refractivity (Wildman–Crippen MR) is 80.8 cm³/mol. The molecule has 104 valence electrons. The zero-order chi connectivity index (χ0) is 14.0. The van der Waals surface area contributed by atoms with E-state index in [0.717, 1.165) is 30.0 Å². The van der Waals surface area contributed by atoms with Crippen molar-refractivity contribution in [1.82, 2.24) is 0 Å².